The third-order valence-corrected chi connectivity index (χ3v) is 5.03. The molecule has 150 valence electrons. The number of nitrogens with zero attached hydrogens (tertiary/aromatic N) is 2. The molecule has 0 radical (unpaired) electrons. The number of rotatable bonds is 5. The van der Waals surface area contributed by atoms with Gasteiger partial charge in [0.1, 0.15) is 11.4 Å². The average molecular weight is 421 g/mol. The van der Waals surface area contributed by atoms with E-state index in [4.69, 9.17) is 4.42 Å². The number of anilines is 1. The van der Waals surface area contributed by atoms with E-state index in [1.807, 2.05) is 16.8 Å². The Morgan fingerprint density at radius 1 is 1.17 bits per heavy atom. The molecule has 0 fully saturated rings. The number of carbonyl (C=O) groups excluding carboxylic acids is 1. The van der Waals surface area contributed by atoms with E-state index in [1.165, 1.54) is 30.4 Å². The van der Waals surface area contributed by atoms with Crippen molar-refractivity contribution in [2.75, 3.05) is 5.32 Å². The summed E-state index contributed by atoms with van der Waals surface area (Å²) in [4.78, 5) is 26.6. The molecule has 2 heterocycles. The minimum absolute atomic E-state index is 0.211. The molecular formula is C21H15N3O5S. The Morgan fingerprint density at radius 3 is 2.57 bits per heavy atom. The van der Waals surface area contributed by atoms with Crippen molar-refractivity contribution in [2.24, 2.45) is 0 Å². The summed E-state index contributed by atoms with van der Waals surface area (Å²) in [5.74, 6) is -0.0641. The van der Waals surface area contributed by atoms with Gasteiger partial charge in [-0.2, -0.15) is 11.3 Å². The number of aromatic nitrogens is 1. The third-order valence-electron chi connectivity index (χ3n) is 4.35. The maximum atomic E-state index is 11.6. The van der Waals surface area contributed by atoms with Crippen molar-refractivity contribution in [2.45, 2.75) is 6.92 Å². The fourth-order valence-electron chi connectivity index (χ4n) is 3.04. The predicted octanol–water partition coefficient (Wildman–Crippen LogP) is 5.31. The number of oxazole rings is 1. The van der Waals surface area contributed by atoms with Gasteiger partial charge >= 0.3 is 0 Å². The first kappa shape index (κ1) is 19.3. The second kappa shape index (κ2) is 7.80. The Kier molecular flexibility index (Phi) is 5.03. The molecule has 1 amide bonds. The average Bonchev–Trinajstić information content (AvgIpc) is 3.37. The molecule has 8 nitrogen and oxygen atoms in total. The van der Waals surface area contributed by atoms with Crippen LogP contribution in [0.1, 0.15) is 6.92 Å². The summed E-state index contributed by atoms with van der Waals surface area (Å²) in [6, 6.07) is 12.8. The van der Waals surface area contributed by atoms with E-state index >= 15 is 0 Å². The number of amides is 1. The van der Waals surface area contributed by atoms with Crippen LogP contribution in [0.5, 0.6) is 5.75 Å². The van der Waals surface area contributed by atoms with Gasteiger partial charge in [0, 0.05) is 35.1 Å². The third kappa shape index (κ3) is 3.65. The van der Waals surface area contributed by atoms with Crippen LogP contribution < -0.4 is 5.32 Å². The van der Waals surface area contributed by atoms with Crippen molar-refractivity contribution in [1.82, 2.24) is 4.98 Å². The number of benzene rings is 2. The van der Waals surface area contributed by atoms with Crippen LogP contribution in [0.15, 0.2) is 63.7 Å². The molecule has 2 aromatic heterocycles. The number of nitro benzene ring substituents is 1. The summed E-state index contributed by atoms with van der Waals surface area (Å²) in [5.41, 5.74) is 2.62. The van der Waals surface area contributed by atoms with Gasteiger partial charge in [0.15, 0.2) is 0 Å². The van der Waals surface area contributed by atoms with E-state index in [0.717, 1.165) is 11.6 Å². The topological polar surface area (TPSA) is 118 Å². The van der Waals surface area contributed by atoms with Crippen molar-refractivity contribution >= 4 is 28.8 Å². The number of hydrogen-bond donors (Lipinski definition) is 2. The monoisotopic (exact) mass is 421 g/mol. The lowest BCUT2D eigenvalue weighted by Gasteiger charge is -2.08. The zero-order valence-corrected chi connectivity index (χ0v) is 16.5. The summed E-state index contributed by atoms with van der Waals surface area (Å²) in [7, 11) is 0. The fourth-order valence-corrected chi connectivity index (χ4v) is 3.68. The number of non-ortho nitro benzene ring substituents is 1. The summed E-state index contributed by atoms with van der Waals surface area (Å²) < 4.78 is 5.87. The number of nitrogens with one attached hydrogen (secondary N) is 1. The van der Waals surface area contributed by atoms with Gasteiger partial charge < -0.3 is 9.52 Å². The molecule has 0 aliphatic heterocycles. The maximum Gasteiger partial charge on any atom is 0.273 e. The van der Waals surface area contributed by atoms with E-state index in [-0.39, 0.29) is 29.1 Å². The molecule has 2 aromatic carbocycles. The molecule has 0 saturated heterocycles. The first-order chi connectivity index (χ1) is 14.4. The molecule has 30 heavy (non-hydrogen) atoms. The summed E-state index contributed by atoms with van der Waals surface area (Å²) in [5, 5.41) is 27.8. The normalized spacial score (nSPS) is 10.7. The highest BCUT2D eigenvalue weighted by Gasteiger charge is 2.21. The number of carbonyl (C=O) groups is 1. The molecule has 0 atom stereocenters. The maximum absolute atomic E-state index is 11.6. The Morgan fingerprint density at radius 2 is 1.93 bits per heavy atom. The molecular weight excluding hydrogens is 406 g/mol. The van der Waals surface area contributed by atoms with Crippen LogP contribution in [-0.4, -0.2) is 20.9 Å². The molecule has 0 saturated carbocycles. The van der Waals surface area contributed by atoms with Crippen LogP contribution in [0.3, 0.4) is 0 Å². The largest absolute Gasteiger partial charge is 0.507 e. The van der Waals surface area contributed by atoms with Gasteiger partial charge in [-0.1, -0.05) is 18.2 Å². The first-order valence-electron chi connectivity index (χ1n) is 8.82. The van der Waals surface area contributed by atoms with Crippen molar-refractivity contribution < 1.29 is 19.2 Å². The minimum atomic E-state index is -0.573. The van der Waals surface area contributed by atoms with Crippen molar-refractivity contribution in [3.05, 3.63) is 69.4 Å². The van der Waals surface area contributed by atoms with Crippen molar-refractivity contribution in [1.29, 1.82) is 0 Å². The van der Waals surface area contributed by atoms with Crippen molar-refractivity contribution in [3.63, 3.8) is 0 Å². The Labute approximate surface area is 174 Å². The zero-order chi connectivity index (χ0) is 21.3. The molecule has 0 aliphatic carbocycles. The first-order valence-corrected chi connectivity index (χ1v) is 9.76. The van der Waals surface area contributed by atoms with E-state index in [1.54, 1.807) is 24.3 Å². The van der Waals surface area contributed by atoms with Crippen LogP contribution in [0, 0.1) is 10.1 Å². The molecule has 2 N–H and O–H groups in total. The zero-order valence-electron chi connectivity index (χ0n) is 15.7. The summed E-state index contributed by atoms with van der Waals surface area (Å²) in [6.45, 7) is 1.38. The lowest BCUT2D eigenvalue weighted by molar-refractivity contribution is -0.384. The summed E-state index contributed by atoms with van der Waals surface area (Å²) in [6.07, 6.45) is 0. The predicted molar refractivity (Wildman–Crippen MR) is 113 cm³/mol. The van der Waals surface area contributed by atoms with Crippen LogP contribution in [-0.2, 0) is 4.79 Å². The van der Waals surface area contributed by atoms with Gasteiger partial charge in [0.2, 0.25) is 17.7 Å². The van der Waals surface area contributed by atoms with E-state index < -0.39 is 4.92 Å². The van der Waals surface area contributed by atoms with Crippen LogP contribution in [0.2, 0.25) is 0 Å². The number of thiophene rings is 1. The molecule has 4 aromatic rings. The Bertz CT molecular complexity index is 1250. The molecule has 0 aliphatic rings. The van der Waals surface area contributed by atoms with Crippen LogP contribution in [0.25, 0.3) is 33.8 Å². The number of phenolic OH excluding ortho intramolecular Hbond substituents is 1. The number of aromatic hydroxyl groups is 1. The van der Waals surface area contributed by atoms with E-state index in [9.17, 15) is 20.0 Å². The van der Waals surface area contributed by atoms with Gasteiger partial charge in [-0.15, -0.1) is 0 Å². The van der Waals surface area contributed by atoms with Gasteiger partial charge in [-0.25, -0.2) is 4.98 Å². The second-order valence-corrected chi connectivity index (χ2v) is 7.17. The van der Waals surface area contributed by atoms with Crippen LogP contribution in [0.4, 0.5) is 11.6 Å². The van der Waals surface area contributed by atoms with Gasteiger partial charge in [-0.05, 0) is 29.1 Å². The highest BCUT2D eigenvalue weighted by molar-refractivity contribution is 7.08. The van der Waals surface area contributed by atoms with Gasteiger partial charge in [0.05, 0.1) is 11.0 Å². The number of phenols is 1. The SMILES string of the molecule is CC(=O)Nc1oc(-c2ccccc2-c2ccc([N+](=O)[O-])cc2O)nc1-c1ccsc1. The van der Waals surface area contributed by atoms with E-state index in [0.29, 0.717) is 22.4 Å². The molecule has 0 spiro atoms. The highest BCUT2D eigenvalue weighted by atomic mass is 32.1. The molecule has 4 rings (SSSR count). The number of nitro groups is 1. The Hall–Kier alpha value is -3.98. The quantitative estimate of drug-likeness (QED) is 0.333. The van der Waals surface area contributed by atoms with Gasteiger partial charge in [-0.3, -0.25) is 20.2 Å². The molecule has 9 heteroatoms. The lowest BCUT2D eigenvalue weighted by Crippen LogP contribution is -2.05. The standard InChI is InChI=1S/C21H15N3O5S/c1-12(25)22-21-19(13-8-9-30-11-13)23-20(29-21)17-5-3-2-4-15(17)16-7-6-14(24(27)28)10-18(16)26/h2-11,26H,1H3,(H,22,25). The van der Waals surface area contributed by atoms with Crippen molar-refractivity contribution in [3.8, 4) is 39.6 Å². The van der Waals surface area contributed by atoms with Crippen LogP contribution >= 0.6 is 11.3 Å². The van der Waals surface area contributed by atoms with Gasteiger partial charge in [0.25, 0.3) is 5.69 Å². The summed E-state index contributed by atoms with van der Waals surface area (Å²) >= 11 is 1.49. The number of hydrogen-bond acceptors (Lipinski definition) is 7. The second-order valence-electron chi connectivity index (χ2n) is 6.39. The molecule has 0 bridgehead atoms. The van der Waals surface area contributed by atoms with E-state index in [2.05, 4.69) is 10.3 Å². The highest BCUT2D eigenvalue weighted by Crippen LogP contribution is 2.40. The minimum Gasteiger partial charge on any atom is -0.507 e. The Balaban J connectivity index is 1.85. The smallest absolute Gasteiger partial charge is 0.273 e. The fraction of sp³-hybridized carbons (Fsp3) is 0.0476. The molecule has 0 unspecified atom stereocenters. The lowest BCUT2D eigenvalue weighted by atomic mass is 9.98.